The van der Waals surface area contributed by atoms with Crippen molar-refractivity contribution in [2.75, 3.05) is 13.7 Å². The van der Waals surface area contributed by atoms with Gasteiger partial charge in [0, 0.05) is 12.6 Å². The molecule has 0 atom stereocenters. The van der Waals surface area contributed by atoms with Gasteiger partial charge in [-0.25, -0.2) is 0 Å². The molecule has 0 bridgehead atoms. The van der Waals surface area contributed by atoms with Crippen LogP contribution in [0.15, 0.2) is 24.3 Å². The van der Waals surface area contributed by atoms with Crippen LogP contribution in [0.4, 0.5) is 0 Å². The average Bonchev–Trinajstić information content (AvgIpc) is 3.08. The summed E-state index contributed by atoms with van der Waals surface area (Å²) in [7, 11) is 1.62. The number of methoxy groups -OCH3 is 1. The lowest BCUT2D eigenvalue weighted by atomic mass is 10.2. The van der Waals surface area contributed by atoms with Crippen LogP contribution >= 0.6 is 11.6 Å². The van der Waals surface area contributed by atoms with Gasteiger partial charge in [-0.1, -0.05) is 29.8 Å². The zero-order chi connectivity index (χ0) is 11.4. The van der Waals surface area contributed by atoms with Crippen molar-refractivity contribution in [3.63, 3.8) is 0 Å². The van der Waals surface area contributed by atoms with Crippen LogP contribution < -0.4 is 10.1 Å². The molecule has 1 N–H and O–H groups in total. The predicted molar refractivity (Wildman–Crippen MR) is 68.1 cm³/mol. The summed E-state index contributed by atoms with van der Waals surface area (Å²) in [4.78, 5) is 0. The van der Waals surface area contributed by atoms with E-state index in [1.165, 1.54) is 12.8 Å². The Kier molecular flexibility index (Phi) is 3.86. The van der Waals surface area contributed by atoms with E-state index in [9.17, 15) is 0 Å². The monoisotopic (exact) mass is 237 g/mol. The third kappa shape index (κ3) is 3.26. The molecule has 2 rings (SSSR count). The van der Waals surface area contributed by atoms with Crippen LogP contribution in [-0.4, -0.2) is 19.7 Å². The van der Waals surface area contributed by atoms with E-state index in [1.54, 1.807) is 7.11 Å². The number of rotatable bonds is 5. The molecule has 0 amide bonds. The number of hydrogen-bond donors (Lipinski definition) is 1. The van der Waals surface area contributed by atoms with E-state index in [4.69, 9.17) is 16.3 Å². The van der Waals surface area contributed by atoms with Gasteiger partial charge >= 0.3 is 0 Å². The molecule has 86 valence electrons. The molecule has 0 aliphatic heterocycles. The molecule has 1 saturated carbocycles. The summed E-state index contributed by atoms with van der Waals surface area (Å²) < 4.78 is 5.10. The Morgan fingerprint density at radius 1 is 1.50 bits per heavy atom. The van der Waals surface area contributed by atoms with Crippen LogP contribution in [0.1, 0.15) is 18.4 Å². The highest BCUT2D eigenvalue weighted by Crippen LogP contribution is 2.25. The maximum absolute atomic E-state index is 6.03. The van der Waals surface area contributed by atoms with Crippen LogP contribution in [0.5, 0.6) is 5.75 Å². The summed E-state index contributed by atoms with van der Waals surface area (Å²) in [6, 6.07) is 6.55. The van der Waals surface area contributed by atoms with Crippen LogP contribution in [0.3, 0.4) is 0 Å². The van der Waals surface area contributed by atoms with Crippen molar-refractivity contribution in [3.05, 3.63) is 34.9 Å². The van der Waals surface area contributed by atoms with Gasteiger partial charge in [0.1, 0.15) is 5.75 Å². The standard InChI is InChI=1S/C13H16ClNO/c1-16-13-7-4-10(9-12(13)14)3-2-8-15-11-5-6-11/h2-4,7,9,11,15H,5-6,8H2,1H3. The van der Waals surface area contributed by atoms with E-state index in [0.717, 1.165) is 23.9 Å². The summed E-state index contributed by atoms with van der Waals surface area (Å²) in [5, 5.41) is 4.07. The minimum atomic E-state index is 0.653. The molecule has 0 radical (unpaired) electrons. The molecule has 0 unspecified atom stereocenters. The highest BCUT2D eigenvalue weighted by molar-refractivity contribution is 6.32. The number of ether oxygens (including phenoxy) is 1. The maximum atomic E-state index is 6.03. The first-order valence-electron chi connectivity index (χ1n) is 5.53. The number of halogens is 1. The van der Waals surface area contributed by atoms with Gasteiger partial charge in [-0.05, 0) is 30.5 Å². The van der Waals surface area contributed by atoms with Crippen molar-refractivity contribution in [2.24, 2.45) is 0 Å². The van der Waals surface area contributed by atoms with Crippen LogP contribution in [-0.2, 0) is 0 Å². The highest BCUT2D eigenvalue weighted by atomic mass is 35.5. The Balaban J connectivity index is 1.89. The first-order chi connectivity index (χ1) is 7.79. The fourth-order valence-corrected chi connectivity index (χ4v) is 1.77. The Hall–Kier alpha value is -0.990. The summed E-state index contributed by atoms with van der Waals surface area (Å²) in [5.41, 5.74) is 1.10. The third-order valence-electron chi connectivity index (χ3n) is 2.59. The molecule has 1 aromatic rings. The fourth-order valence-electron chi connectivity index (χ4n) is 1.50. The lowest BCUT2D eigenvalue weighted by Gasteiger charge is -2.03. The quantitative estimate of drug-likeness (QED) is 0.850. The molecule has 0 heterocycles. The number of benzene rings is 1. The van der Waals surface area contributed by atoms with Gasteiger partial charge in [0.2, 0.25) is 0 Å². The first kappa shape index (κ1) is 11.5. The van der Waals surface area contributed by atoms with Gasteiger partial charge in [-0.15, -0.1) is 0 Å². The van der Waals surface area contributed by atoms with Gasteiger partial charge in [0.15, 0.2) is 0 Å². The summed E-state index contributed by atoms with van der Waals surface area (Å²) in [5.74, 6) is 0.718. The molecule has 1 fully saturated rings. The van der Waals surface area contributed by atoms with Gasteiger partial charge in [0.05, 0.1) is 12.1 Å². The van der Waals surface area contributed by atoms with Gasteiger partial charge < -0.3 is 10.1 Å². The minimum Gasteiger partial charge on any atom is -0.495 e. The van der Waals surface area contributed by atoms with Crippen molar-refractivity contribution in [1.29, 1.82) is 0 Å². The normalized spacial score (nSPS) is 15.6. The second-order valence-electron chi connectivity index (χ2n) is 3.98. The Bertz CT molecular complexity index is 386. The van der Waals surface area contributed by atoms with Gasteiger partial charge in [-0.3, -0.25) is 0 Å². The van der Waals surface area contributed by atoms with Gasteiger partial charge in [0.25, 0.3) is 0 Å². The van der Waals surface area contributed by atoms with E-state index in [1.807, 2.05) is 18.2 Å². The molecule has 3 heteroatoms. The van der Waals surface area contributed by atoms with Crippen molar-refractivity contribution < 1.29 is 4.74 Å². The average molecular weight is 238 g/mol. The van der Waals surface area contributed by atoms with E-state index >= 15 is 0 Å². The first-order valence-corrected chi connectivity index (χ1v) is 5.91. The van der Waals surface area contributed by atoms with Crippen LogP contribution in [0.2, 0.25) is 5.02 Å². The van der Waals surface area contributed by atoms with Crippen molar-refractivity contribution in [2.45, 2.75) is 18.9 Å². The Morgan fingerprint density at radius 3 is 2.94 bits per heavy atom. The second-order valence-corrected chi connectivity index (χ2v) is 4.39. The third-order valence-corrected chi connectivity index (χ3v) is 2.88. The van der Waals surface area contributed by atoms with Crippen LogP contribution in [0.25, 0.3) is 6.08 Å². The summed E-state index contributed by atoms with van der Waals surface area (Å²) in [6.07, 6.45) is 6.83. The topological polar surface area (TPSA) is 21.3 Å². The number of nitrogens with one attached hydrogen (secondary N) is 1. The SMILES string of the molecule is COc1ccc(C=CCNC2CC2)cc1Cl. The molecule has 16 heavy (non-hydrogen) atoms. The second kappa shape index (κ2) is 5.37. The van der Waals surface area contributed by atoms with Gasteiger partial charge in [-0.2, -0.15) is 0 Å². The molecule has 2 nitrogen and oxygen atoms in total. The molecular formula is C13H16ClNO. The molecule has 0 saturated heterocycles. The molecule has 0 aromatic heterocycles. The molecular weight excluding hydrogens is 222 g/mol. The molecule has 1 aliphatic rings. The molecule has 0 spiro atoms. The highest BCUT2D eigenvalue weighted by Gasteiger charge is 2.18. The lowest BCUT2D eigenvalue weighted by molar-refractivity contribution is 0.415. The number of hydrogen-bond acceptors (Lipinski definition) is 2. The van der Waals surface area contributed by atoms with Crippen molar-refractivity contribution in [3.8, 4) is 5.75 Å². The summed E-state index contributed by atoms with van der Waals surface area (Å²) in [6.45, 7) is 0.925. The van der Waals surface area contributed by atoms with Crippen molar-refractivity contribution >= 4 is 17.7 Å². The minimum absolute atomic E-state index is 0.653. The van der Waals surface area contributed by atoms with E-state index in [-0.39, 0.29) is 0 Å². The fraction of sp³-hybridized carbons (Fsp3) is 0.385. The maximum Gasteiger partial charge on any atom is 0.137 e. The van der Waals surface area contributed by atoms with E-state index in [0.29, 0.717) is 5.02 Å². The lowest BCUT2D eigenvalue weighted by Crippen LogP contribution is -2.15. The van der Waals surface area contributed by atoms with Crippen molar-refractivity contribution in [1.82, 2.24) is 5.32 Å². The van der Waals surface area contributed by atoms with Crippen LogP contribution in [0, 0.1) is 0 Å². The zero-order valence-corrected chi connectivity index (χ0v) is 10.1. The predicted octanol–water partition coefficient (Wildman–Crippen LogP) is 3.11. The Morgan fingerprint density at radius 2 is 2.31 bits per heavy atom. The molecule has 1 aromatic carbocycles. The van der Waals surface area contributed by atoms with E-state index in [2.05, 4.69) is 17.5 Å². The zero-order valence-electron chi connectivity index (χ0n) is 9.37. The summed E-state index contributed by atoms with van der Waals surface area (Å²) >= 11 is 6.03. The smallest absolute Gasteiger partial charge is 0.137 e. The van der Waals surface area contributed by atoms with E-state index < -0.39 is 0 Å². The largest absolute Gasteiger partial charge is 0.495 e. The Labute approximate surface area is 101 Å². The molecule has 1 aliphatic carbocycles.